The van der Waals surface area contributed by atoms with Gasteiger partial charge in [-0.05, 0) is 36.8 Å². The van der Waals surface area contributed by atoms with E-state index in [0.29, 0.717) is 18.3 Å². The maximum Gasteiger partial charge on any atom is 0.509 e. The van der Waals surface area contributed by atoms with Crippen LogP contribution in [0, 0.1) is 23.7 Å². The van der Waals surface area contributed by atoms with Crippen LogP contribution in [-0.2, 0) is 30.3 Å². The average molecular weight is 528 g/mol. The molecule has 1 aromatic rings. The molecule has 0 spiro atoms. The number of ketones is 1. The minimum Gasteiger partial charge on any atom is -0.438 e. The normalized spacial score (nSPS) is 31.2. The third-order valence-corrected chi connectivity index (χ3v) is 7.95. The molecule has 1 aliphatic carbocycles. The average Bonchev–Trinajstić information content (AvgIpc) is 3.15. The second-order valence-electron chi connectivity index (χ2n) is 10.6. The Balaban J connectivity index is 1.98. The molecule has 3 rings (SSSR count). The first-order chi connectivity index (χ1) is 17.9. The number of aliphatic hydroxyl groups is 2. The number of hydrogen-bond donors (Lipinski definition) is 3. The van der Waals surface area contributed by atoms with E-state index in [9.17, 15) is 29.4 Å². The van der Waals surface area contributed by atoms with E-state index in [1.165, 1.54) is 6.92 Å². The molecule has 206 valence electrons. The van der Waals surface area contributed by atoms with Gasteiger partial charge in [-0.15, -0.1) is 0 Å². The highest BCUT2D eigenvalue weighted by Crippen LogP contribution is 2.52. The lowest BCUT2D eigenvalue weighted by Gasteiger charge is -2.48. The van der Waals surface area contributed by atoms with Gasteiger partial charge in [0.1, 0.15) is 11.9 Å². The fourth-order valence-electron chi connectivity index (χ4n) is 5.87. The Morgan fingerprint density at radius 1 is 1.29 bits per heavy atom. The summed E-state index contributed by atoms with van der Waals surface area (Å²) in [5, 5.41) is 24.6. The van der Waals surface area contributed by atoms with Gasteiger partial charge in [0.05, 0.1) is 19.1 Å². The van der Waals surface area contributed by atoms with Gasteiger partial charge in [-0.2, -0.15) is 0 Å². The quantitative estimate of drug-likeness (QED) is 0.240. The number of allylic oxidation sites excluding steroid dienone is 1. The number of Topliss-reactive ketones (excluding diaryl/α,β-unsaturated/α-hetero) is 1. The Kier molecular flexibility index (Phi) is 8.94. The number of carbonyl (C=O) groups is 4. The van der Waals surface area contributed by atoms with E-state index in [2.05, 4.69) is 11.9 Å². The van der Waals surface area contributed by atoms with Crippen LogP contribution in [0.1, 0.15) is 39.2 Å². The van der Waals surface area contributed by atoms with Gasteiger partial charge in [-0.1, -0.05) is 62.9 Å². The summed E-state index contributed by atoms with van der Waals surface area (Å²) in [6.07, 6.45) is 1.73. The first kappa shape index (κ1) is 29.3. The van der Waals surface area contributed by atoms with Crippen LogP contribution in [0.2, 0.25) is 0 Å². The van der Waals surface area contributed by atoms with Crippen molar-refractivity contribution >= 4 is 24.1 Å². The Morgan fingerprint density at radius 2 is 1.95 bits per heavy atom. The second kappa shape index (κ2) is 11.6. The number of nitrogens with one attached hydrogen (secondary N) is 1. The third-order valence-electron chi connectivity index (χ3n) is 7.95. The van der Waals surface area contributed by atoms with Crippen LogP contribution in [0.5, 0.6) is 0 Å². The minimum atomic E-state index is -1.79. The standard InChI is InChI=1S/C29H37NO8/c1-17(25(33)28(4,36)14-15-31)10-9-13-21-24(32)19(3)18(2)23-22(16-20-11-7-6-8-12-20)30-26(34)29(21,23)38-27(35)37-5/h6-9,11-13,15,17-18,21-24,32,36H,3,10,14,16H2,1-2,4-5H3,(H,30,34)/b13-9+/t17-,18+,21-,22-,23-,24+,28?,29+/m0/s1. The summed E-state index contributed by atoms with van der Waals surface area (Å²) in [5.41, 5.74) is -2.09. The first-order valence-corrected chi connectivity index (χ1v) is 12.8. The van der Waals surface area contributed by atoms with Crippen molar-refractivity contribution in [3.8, 4) is 0 Å². The molecule has 1 saturated carbocycles. The number of fused-ring (bicyclic) bond motifs is 1. The summed E-state index contributed by atoms with van der Waals surface area (Å²) in [6.45, 7) is 8.85. The highest BCUT2D eigenvalue weighted by molar-refractivity contribution is 5.92. The van der Waals surface area contributed by atoms with Gasteiger partial charge >= 0.3 is 6.16 Å². The van der Waals surface area contributed by atoms with Gasteiger partial charge < -0.3 is 29.8 Å². The molecule has 1 amide bonds. The van der Waals surface area contributed by atoms with E-state index >= 15 is 0 Å². The molecule has 0 radical (unpaired) electrons. The number of methoxy groups -OCH3 is 1. The number of carbonyl (C=O) groups excluding carboxylic acids is 4. The van der Waals surface area contributed by atoms with Crippen molar-refractivity contribution < 1.29 is 38.9 Å². The molecule has 8 atom stereocenters. The molecule has 9 heteroatoms. The van der Waals surface area contributed by atoms with E-state index in [-0.39, 0.29) is 18.8 Å². The third kappa shape index (κ3) is 5.44. The monoisotopic (exact) mass is 527 g/mol. The highest BCUT2D eigenvalue weighted by atomic mass is 16.7. The van der Waals surface area contributed by atoms with Crippen molar-refractivity contribution in [3.05, 3.63) is 60.2 Å². The number of amides is 1. The van der Waals surface area contributed by atoms with Crippen molar-refractivity contribution in [2.45, 2.75) is 63.4 Å². The molecule has 0 bridgehead atoms. The van der Waals surface area contributed by atoms with Gasteiger partial charge in [0, 0.05) is 24.3 Å². The van der Waals surface area contributed by atoms with E-state index in [1.54, 1.807) is 19.1 Å². The molecule has 1 unspecified atom stereocenters. The van der Waals surface area contributed by atoms with Gasteiger partial charge in [-0.25, -0.2) is 4.79 Å². The molecule has 38 heavy (non-hydrogen) atoms. The van der Waals surface area contributed by atoms with Crippen LogP contribution < -0.4 is 5.32 Å². The maximum absolute atomic E-state index is 13.7. The predicted octanol–water partition coefficient (Wildman–Crippen LogP) is 2.54. The van der Waals surface area contributed by atoms with E-state index in [4.69, 9.17) is 9.47 Å². The SMILES string of the molecule is C=C1[C@@H](C)[C@H]2[C@H](Cc3ccccc3)NC(=O)[C@@]2(OC(=O)OC)[C@@H](/C=C/C[C@H](C)C(=O)C(C)(O)CC=O)[C@@H]1O. The van der Waals surface area contributed by atoms with Crippen LogP contribution in [0.4, 0.5) is 4.79 Å². The zero-order valence-corrected chi connectivity index (χ0v) is 22.3. The lowest BCUT2D eigenvalue weighted by atomic mass is 9.59. The molecule has 9 nitrogen and oxygen atoms in total. The number of hydrogen-bond acceptors (Lipinski definition) is 8. The van der Waals surface area contributed by atoms with Crippen molar-refractivity contribution in [3.63, 3.8) is 0 Å². The molecule has 0 aromatic heterocycles. The Bertz CT molecular complexity index is 1100. The number of rotatable bonds is 10. The molecule has 2 aliphatic rings. The number of ether oxygens (including phenoxy) is 2. The van der Waals surface area contributed by atoms with E-state index < -0.39 is 58.9 Å². The molecule has 1 heterocycles. The van der Waals surface area contributed by atoms with E-state index in [1.807, 2.05) is 37.3 Å². The molecular formula is C29H37NO8. The van der Waals surface area contributed by atoms with Gasteiger partial charge in [0.15, 0.2) is 5.78 Å². The molecule has 1 saturated heterocycles. The fourth-order valence-corrected chi connectivity index (χ4v) is 5.87. The molecule has 3 N–H and O–H groups in total. The summed E-state index contributed by atoms with van der Waals surface area (Å²) in [7, 11) is 1.15. The van der Waals surface area contributed by atoms with E-state index in [0.717, 1.165) is 12.7 Å². The van der Waals surface area contributed by atoms with Crippen LogP contribution in [0.15, 0.2) is 54.6 Å². The predicted molar refractivity (Wildman–Crippen MR) is 139 cm³/mol. The minimum absolute atomic E-state index is 0.160. The number of aldehydes is 1. The number of benzene rings is 1. The topological polar surface area (TPSA) is 139 Å². The summed E-state index contributed by atoms with van der Waals surface area (Å²) in [6, 6.07) is 9.17. The van der Waals surface area contributed by atoms with Gasteiger partial charge in [0.25, 0.3) is 5.91 Å². The van der Waals surface area contributed by atoms with Crippen LogP contribution in [0.25, 0.3) is 0 Å². The van der Waals surface area contributed by atoms with Gasteiger partial charge in [0.2, 0.25) is 5.60 Å². The lowest BCUT2D eigenvalue weighted by Crippen LogP contribution is -2.61. The Labute approximate surface area is 222 Å². The zero-order chi connectivity index (χ0) is 28.3. The van der Waals surface area contributed by atoms with Crippen LogP contribution >= 0.6 is 0 Å². The largest absolute Gasteiger partial charge is 0.509 e. The summed E-state index contributed by atoms with van der Waals surface area (Å²) in [5.74, 6) is -3.65. The molecule has 1 aromatic carbocycles. The second-order valence-corrected chi connectivity index (χ2v) is 10.6. The maximum atomic E-state index is 13.7. The molecule has 2 fully saturated rings. The Hall–Kier alpha value is -3.30. The van der Waals surface area contributed by atoms with Crippen molar-refractivity contribution in [1.29, 1.82) is 0 Å². The smallest absolute Gasteiger partial charge is 0.438 e. The fraction of sp³-hybridized carbons (Fsp3) is 0.517. The van der Waals surface area contributed by atoms with Crippen molar-refractivity contribution in [1.82, 2.24) is 5.32 Å². The highest BCUT2D eigenvalue weighted by Gasteiger charge is 2.68. The zero-order valence-electron chi connectivity index (χ0n) is 22.3. The number of aliphatic hydroxyl groups excluding tert-OH is 1. The first-order valence-electron chi connectivity index (χ1n) is 12.8. The Morgan fingerprint density at radius 3 is 2.55 bits per heavy atom. The summed E-state index contributed by atoms with van der Waals surface area (Å²) >= 11 is 0. The lowest BCUT2D eigenvalue weighted by molar-refractivity contribution is -0.159. The van der Waals surface area contributed by atoms with Crippen LogP contribution in [0.3, 0.4) is 0 Å². The summed E-state index contributed by atoms with van der Waals surface area (Å²) < 4.78 is 10.5. The molecular weight excluding hydrogens is 490 g/mol. The van der Waals surface area contributed by atoms with Crippen LogP contribution in [-0.4, -0.2) is 64.8 Å². The summed E-state index contributed by atoms with van der Waals surface area (Å²) in [4.78, 5) is 49.6. The van der Waals surface area contributed by atoms with Gasteiger partial charge in [-0.3, -0.25) is 9.59 Å². The van der Waals surface area contributed by atoms with Crippen molar-refractivity contribution in [2.24, 2.45) is 23.7 Å². The van der Waals surface area contributed by atoms with Crippen molar-refractivity contribution in [2.75, 3.05) is 7.11 Å². The molecule has 1 aliphatic heterocycles.